The fourth-order valence-corrected chi connectivity index (χ4v) is 3.71. The first-order valence-electron chi connectivity index (χ1n) is 10.8. The molecule has 6 heteroatoms. The van der Waals surface area contributed by atoms with Crippen LogP contribution in [0.5, 0.6) is 5.75 Å². The van der Waals surface area contributed by atoms with Gasteiger partial charge in [0.1, 0.15) is 17.9 Å². The number of carbonyl (C=O) groups is 1. The smallest absolute Gasteiger partial charge is 0.287 e. The number of hydrogen-bond acceptors (Lipinski definition) is 4. The molecule has 1 amide bonds. The molecule has 0 fully saturated rings. The minimum Gasteiger partial charge on any atom is -0.489 e. The molecule has 0 saturated carbocycles. The first-order valence-corrected chi connectivity index (χ1v) is 10.8. The number of carbonyl (C=O) groups excluding carboxylic acids is 1. The van der Waals surface area contributed by atoms with Crippen LogP contribution in [0.2, 0.25) is 0 Å². The van der Waals surface area contributed by atoms with Gasteiger partial charge in [-0.05, 0) is 42.3 Å². The van der Waals surface area contributed by atoms with E-state index in [2.05, 4.69) is 10.4 Å². The van der Waals surface area contributed by atoms with Gasteiger partial charge in [-0.3, -0.25) is 4.79 Å². The van der Waals surface area contributed by atoms with Crippen LogP contribution in [0.15, 0.2) is 102 Å². The zero-order chi connectivity index (χ0) is 22.5. The Balaban J connectivity index is 1.27. The van der Waals surface area contributed by atoms with Crippen LogP contribution in [-0.2, 0) is 13.0 Å². The first-order chi connectivity index (χ1) is 16.3. The predicted octanol–water partition coefficient (Wildman–Crippen LogP) is 5.17. The number of hydrogen-bond donors (Lipinski definition) is 1. The number of nitrogens with zero attached hydrogens (tertiary/aromatic N) is 2. The molecule has 5 rings (SSSR count). The van der Waals surface area contributed by atoms with Gasteiger partial charge in [-0.1, -0.05) is 54.6 Å². The number of aromatic nitrogens is 2. The third kappa shape index (κ3) is 4.65. The van der Waals surface area contributed by atoms with Gasteiger partial charge in [-0.2, -0.15) is 5.10 Å². The highest BCUT2D eigenvalue weighted by Crippen LogP contribution is 2.27. The van der Waals surface area contributed by atoms with Crippen molar-refractivity contribution < 1.29 is 13.9 Å². The van der Waals surface area contributed by atoms with E-state index < -0.39 is 0 Å². The van der Waals surface area contributed by atoms with Crippen molar-refractivity contribution in [2.75, 3.05) is 6.54 Å². The van der Waals surface area contributed by atoms with E-state index in [1.165, 1.54) is 0 Å². The van der Waals surface area contributed by atoms with Gasteiger partial charge in [-0.25, -0.2) is 4.68 Å². The number of amides is 1. The molecule has 3 aromatic carbocycles. The Kier molecular flexibility index (Phi) is 5.89. The lowest BCUT2D eigenvalue weighted by molar-refractivity contribution is 0.0925. The summed E-state index contributed by atoms with van der Waals surface area (Å²) in [5, 5.41) is 8.26. The highest BCUT2D eigenvalue weighted by molar-refractivity contribution is 5.99. The lowest BCUT2D eigenvalue weighted by atomic mass is 10.1. The lowest BCUT2D eigenvalue weighted by Gasteiger charge is -2.07. The number of benzene rings is 3. The molecule has 0 aliphatic carbocycles. The van der Waals surface area contributed by atoms with Crippen molar-refractivity contribution in [2.24, 2.45) is 0 Å². The molecule has 0 aliphatic rings. The Labute approximate surface area is 191 Å². The maximum Gasteiger partial charge on any atom is 0.287 e. The monoisotopic (exact) mass is 437 g/mol. The van der Waals surface area contributed by atoms with Gasteiger partial charge in [0, 0.05) is 23.7 Å². The second kappa shape index (κ2) is 9.44. The zero-order valence-electron chi connectivity index (χ0n) is 18.0. The van der Waals surface area contributed by atoms with Crippen molar-refractivity contribution in [3.05, 3.63) is 114 Å². The van der Waals surface area contributed by atoms with E-state index in [0.717, 1.165) is 28.0 Å². The Morgan fingerprint density at radius 2 is 1.67 bits per heavy atom. The average Bonchev–Trinajstić information content (AvgIpc) is 3.49. The van der Waals surface area contributed by atoms with Crippen molar-refractivity contribution in [1.82, 2.24) is 15.1 Å². The first kappa shape index (κ1) is 20.6. The zero-order valence-corrected chi connectivity index (χ0v) is 18.0. The molecule has 0 saturated heterocycles. The molecule has 0 atom stereocenters. The number of ether oxygens (including phenoxy) is 1. The Hall–Kier alpha value is -4.32. The molecule has 0 aliphatic heterocycles. The number of nitrogens with one attached hydrogen (secondary N) is 1. The predicted molar refractivity (Wildman–Crippen MR) is 127 cm³/mol. The van der Waals surface area contributed by atoms with Crippen LogP contribution in [0.1, 0.15) is 21.7 Å². The molecule has 33 heavy (non-hydrogen) atoms. The van der Waals surface area contributed by atoms with Gasteiger partial charge < -0.3 is 14.5 Å². The standard InChI is InChI=1S/C27H23N3O3/c31-27(28-16-15-20-17-29-30(18-20)21-9-3-1-4-10-21)26-24(19-32-22-11-5-2-6-12-22)23-13-7-8-14-25(23)33-26/h1-14,17-18H,15-16,19H2,(H,28,31). The Morgan fingerprint density at radius 1 is 0.939 bits per heavy atom. The fraction of sp³-hybridized carbons (Fsp3) is 0.111. The largest absolute Gasteiger partial charge is 0.489 e. The number of rotatable bonds is 8. The van der Waals surface area contributed by atoms with E-state index in [4.69, 9.17) is 9.15 Å². The van der Waals surface area contributed by atoms with Crippen molar-refractivity contribution >= 4 is 16.9 Å². The number of furan rings is 1. The van der Waals surface area contributed by atoms with Gasteiger partial charge in [0.05, 0.1) is 11.9 Å². The number of fused-ring (bicyclic) bond motifs is 1. The van der Waals surface area contributed by atoms with Gasteiger partial charge >= 0.3 is 0 Å². The molecular weight excluding hydrogens is 414 g/mol. The Bertz CT molecular complexity index is 1360. The highest BCUT2D eigenvalue weighted by Gasteiger charge is 2.21. The molecular formula is C27H23N3O3. The van der Waals surface area contributed by atoms with E-state index in [9.17, 15) is 4.79 Å². The van der Waals surface area contributed by atoms with Gasteiger partial charge in [0.25, 0.3) is 5.91 Å². The van der Waals surface area contributed by atoms with E-state index in [0.29, 0.717) is 18.5 Å². The minimum absolute atomic E-state index is 0.244. The van der Waals surface area contributed by atoms with Crippen LogP contribution in [0, 0.1) is 0 Å². The van der Waals surface area contributed by atoms with Gasteiger partial charge in [0.2, 0.25) is 0 Å². The molecule has 0 bridgehead atoms. The quantitative estimate of drug-likeness (QED) is 0.364. The van der Waals surface area contributed by atoms with E-state index in [1.807, 2.05) is 102 Å². The normalized spacial score (nSPS) is 10.9. The van der Waals surface area contributed by atoms with E-state index in [1.54, 1.807) is 0 Å². The minimum atomic E-state index is -0.256. The molecule has 1 N–H and O–H groups in total. The summed E-state index contributed by atoms with van der Waals surface area (Å²) in [6.07, 6.45) is 4.45. The highest BCUT2D eigenvalue weighted by atomic mass is 16.5. The summed E-state index contributed by atoms with van der Waals surface area (Å²) in [5.74, 6) is 0.769. The van der Waals surface area contributed by atoms with Gasteiger partial charge in [0.15, 0.2) is 5.76 Å². The van der Waals surface area contributed by atoms with Crippen LogP contribution < -0.4 is 10.1 Å². The van der Waals surface area contributed by atoms with Crippen molar-refractivity contribution in [3.8, 4) is 11.4 Å². The fourth-order valence-electron chi connectivity index (χ4n) is 3.71. The molecule has 164 valence electrons. The molecule has 0 unspecified atom stereocenters. The molecule has 2 heterocycles. The summed E-state index contributed by atoms with van der Waals surface area (Å²) >= 11 is 0. The van der Waals surface area contributed by atoms with Crippen LogP contribution in [0.3, 0.4) is 0 Å². The van der Waals surface area contributed by atoms with Crippen LogP contribution in [0.25, 0.3) is 16.7 Å². The van der Waals surface area contributed by atoms with E-state index >= 15 is 0 Å². The van der Waals surface area contributed by atoms with Crippen LogP contribution in [-0.4, -0.2) is 22.2 Å². The topological polar surface area (TPSA) is 69.3 Å². The summed E-state index contributed by atoms with van der Waals surface area (Å²) in [6, 6.07) is 27.1. The average molecular weight is 437 g/mol. The third-order valence-corrected chi connectivity index (χ3v) is 5.39. The summed E-state index contributed by atoms with van der Waals surface area (Å²) < 4.78 is 13.7. The maximum absolute atomic E-state index is 13.0. The summed E-state index contributed by atoms with van der Waals surface area (Å²) in [5.41, 5.74) is 3.44. The van der Waals surface area contributed by atoms with Crippen molar-refractivity contribution in [2.45, 2.75) is 13.0 Å². The van der Waals surface area contributed by atoms with Crippen molar-refractivity contribution in [3.63, 3.8) is 0 Å². The second-order valence-electron chi connectivity index (χ2n) is 7.64. The van der Waals surface area contributed by atoms with E-state index in [-0.39, 0.29) is 18.3 Å². The molecule has 2 aromatic heterocycles. The van der Waals surface area contributed by atoms with Gasteiger partial charge in [-0.15, -0.1) is 0 Å². The molecule has 6 nitrogen and oxygen atoms in total. The SMILES string of the molecule is O=C(NCCc1cnn(-c2ccccc2)c1)c1oc2ccccc2c1COc1ccccc1. The van der Waals surface area contributed by atoms with Crippen LogP contribution in [0.4, 0.5) is 0 Å². The molecule has 0 radical (unpaired) electrons. The molecule has 5 aromatic rings. The van der Waals surface area contributed by atoms with Crippen molar-refractivity contribution in [1.29, 1.82) is 0 Å². The summed E-state index contributed by atoms with van der Waals surface area (Å²) in [4.78, 5) is 13.0. The third-order valence-electron chi connectivity index (χ3n) is 5.39. The molecule has 0 spiro atoms. The summed E-state index contributed by atoms with van der Waals surface area (Å²) in [7, 11) is 0. The second-order valence-corrected chi connectivity index (χ2v) is 7.64. The Morgan fingerprint density at radius 3 is 2.48 bits per heavy atom. The van der Waals surface area contributed by atoms with Crippen LogP contribution >= 0.6 is 0 Å². The summed E-state index contributed by atoms with van der Waals surface area (Å²) in [6.45, 7) is 0.711. The number of para-hydroxylation sites is 3. The lowest BCUT2D eigenvalue weighted by Crippen LogP contribution is -2.26. The maximum atomic E-state index is 13.0.